The first kappa shape index (κ1) is 14.3. The minimum absolute atomic E-state index is 0.588. The van der Waals surface area contributed by atoms with Crippen molar-refractivity contribution in [1.29, 1.82) is 0 Å². The molecule has 1 rings (SSSR count). The second-order valence-electron chi connectivity index (χ2n) is 4.68. The van der Waals surface area contributed by atoms with Crippen molar-refractivity contribution in [3.63, 3.8) is 0 Å². The van der Waals surface area contributed by atoms with Crippen molar-refractivity contribution in [2.75, 3.05) is 20.1 Å². The molecule has 17 heavy (non-hydrogen) atoms. The van der Waals surface area contributed by atoms with Gasteiger partial charge in [0.15, 0.2) is 0 Å². The molecule has 1 heterocycles. The van der Waals surface area contributed by atoms with Crippen molar-refractivity contribution in [2.24, 2.45) is 0 Å². The predicted molar refractivity (Wildman–Crippen MR) is 72.2 cm³/mol. The van der Waals surface area contributed by atoms with Crippen molar-refractivity contribution >= 4 is 0 Å². The molecule has 0 amide bonds. The van der Waals surface area contributed by atoms with E-state index in [0.717, 1.165) is 31.2 Å². The van der Waals surface area contributed by atoms with Gasteiger partial charge in [-0.3, -0.25) is 4.90 Å². The van der Waals surface area contributed by atoms with Gasteiger partial charge in [-0.1, -0.05) is 20.3 Å². The van der Waals surface area contributed by atoms with Crippen molar-refractivity contribution in [3.05, 3.63) is 23.7 Å². The molecule has 0 radical (unpaired) electrons. The molecule has 0 aliphatic carbocycles. The maximum absolute atomic E-state index is 5.62. The average molecular weight is 238 g/mol. The summed E-state index contributed by atoms with van der Waals surface area (Å²) < 4.78 is 5.62. The molecule has 1 N–H and O–H groups in total. The van der Waals surface area contributed by atoms with Crippen LogP contribution in [0.4, 0.5) is 0 Å². The van der Waals surface area contributed by atoms with E-state index in [0.29, 0.717) is 6.04 Å². The Balaban J connectivity index is 2.48. The number of nitrogens with zero attached hydrogens (tertiary/aromatic N) is 1. The topological polar surface area (TPSA) is 28.4 Å². The average Bonchev–Trinajstić information content (AvgIpc) is 2.70. The van der Waals surface area contributed by atoms with E-state index < -0.39 is 0 Å². The molecular weight excluding hydrogens is 212 g/mol. The third-order valence-electron chi connectivity index (χ3n) is 3.08. The summed E-state index contributed by atoms with van der Waals surface area (Å²) >= 11 is 0. The minimum Gasteiger partial charge on any atom is -0.465 e. The van der Waals surface area contributed by atoms with Gasteiger partial charge in [0, 0.05) is 12.6 Å². The SMILES string of the molecule is CCCC(CNCC)N(C)Cc1ccc(C)o1. The number of hydrogen-bond donors (Lipinski definition) is 1. The van der Waals surface area contributed by atoms with E-state index in [4.69, 9.17) is 4.42 Å². The number of furan rings is 1. The van der Waals surface area contributed by atoms with Crippen LogP contribution in [0.5, 0.6) is 0 Å². The Kier molecular flexibility index (Phi) is 6.30. The highest BCUT2D eigenvalue weighted by atomic mass is 16.3. The van der Waals surface area contributed by atoms with Crippen molar-refractivity contribution in [2.45, 2.75) is 46.2 Å². The van der Waals surface area contributed by atoms with Gasteiger partial charge in [-0.15, -0.1) is 0 Å². The summed E-state index contributed by atoms with van der Waals surface area (Å²) in [5.41, 5.74) is 0. The van der Waals surface area contributed by atoms with Crippen LogP contribution in [-0.2, 0) is 6.54 Å². The molecule has 1 aromatic heterocycles. The Labute approximate surface area is 105 Å². The number of likely N-dealkylation sites (N-methyl/N-ethyl adjacent to an activating group) is 2. The van der Waals surface area contributed by atoms with Gasteiger partial charge < -0.3 is 9.73 Å². The van der Waals surface area contributed by atoms with Gasteiger partial charge in [0.25, 0.3) is 0 Å². The number of hydrogen-bond acceptors (Lipinski definition) is 3. The molecule has 0 aliphatic rings. The standard InChI is InChI=1S/C14H26N2O/c1-5-7-13(10-15-6-2)16(4)11-14-9-8-12(3)17-14/h8-9,13,15H,5-7,10-11H2,1-4H3. The number of rotatable bonds is 8. The fourth-order valence-corrected chi connectivity index (χ4v) is 2.07. The molecular formula is C14H26N2O. The van der Waals surface area contributed by atoms with Gasteiger partial charge in [0.2, 0.25) is 0 Å². The van der Waals surface area contributed by atoms with Gasteiger partial charge in [-0.05, 0) is 39.1 Å². The zero-order valence-electron chi connectivity index (χ0n) is 11.6. The highest BCUT2D eigenvalue weighted by Gasteiger charge is 2.14. The van der Waals surface area contributed by atoms with Crippen LogP contribution < -0.4 is 5.32 Å². The van der Waals surface area contributed by atoms with Gasteiger partial charge in [-0.2, -0.15) is 0 Å². The van der Waals surface area contributed by atoms with E-state index in [-0.39, 0.29) is 0 Å². The second kappa shape index (κ2) is 7.51. The van der Waals surface area contributed by atoms with Crippen LogP contribution in [-0.4, -0.2) is 31.1 Å². The maximum atomic E-state index is 5.62. The monoisotopic (exact) mass is 238 g/mol. The third kappa shape index (κ3) is 4.92. The first-order valence-electron chi connectivity index (χ1n) is 6.63. The summed E-state index contributed by atoms with van der Waals surface area (Å²) in [6, 6.07) is 4.69. The Morgan fingerprint density at radius 1 is 1.35 bits per heavy atom. The fraction of sp³-hybridized carbons (Fsp3) is 0.714. The van der Waals surface area contributed by atoms with Crippen LogP contribution in [0.25, 0.3) is 0 Å². The summed E-state index contributed by atoms with van der Waals surface area (Å²) in [6.07, 6.45) is 2.45. The van der Waals surface area contributed by atoms with Gasteiger partial charge >= 0.3 is 0 Å². The van der Waals surface area contributed by atoms with E-state index in [2.05, 4.69) is 37.2 Å². The highest BCUT2D eigenvalue weighted by Crippen LogP contribution is 2.12. The first-order chi connectivity index (χ1) is 8.17. The molecule has 1 atom stereocenters. The maximum Gasteiger partial charge on any atom is 0.118 e. The Morgan fingerprint density at radius 2 is 2.12 bits per heavy atom. The van der Waals surface area contributed by atoms with E-state index in [1.54, 1.807) is 0 Å². The Bertz CT molecular complexity index is 309. The molecule has 0 saturated heterocycles. The lowest BCUT2D eigenvalue weighted by Gasteiger charge is -2.27. The number of nitrogens with one attached hydrogen (secondary N) is 1. The molecule has 0 bridgehead atoms. The lowest BCUT2D eigenvalue weighted by molar-refractivity contribution is 0.200. The molecule has 98 valence electrons. The van der Waals surface area contributed by atoms with Gasteiger partial charge in [0.1, 0.15) is 11.5 Å². The molecule has 0 saturated carbocycles. The fourth-order valence-electron chi connectivity index (χ4n) is 2.07. The molecule has 0 fully saturated rings. The normalized spacial score (nSPS) is 13.2. The highest BCUT2D eigenvalue weighted by molar-refractivity contribution is 5.05. The molecule has 1 unspecified atom stereocenters. The minimum atomic E-state index is 0.588. The summed E-state index contributed by atoms with van der Waals surface area (Å²) in [7, 11) is 2.18. The zero-order valence-corrected chi connectivity index (χ0v) is 11.6. The van der Waals surface area contributed by atoms with E-state index >= 15 is 0 Å². The smallest absolute Gasteiger partial charge is 0.118 e. The van der Waals surface area contributed by atoms with Crippen LogP contribution in [0.1, 0.15) is 38.2 Å². The zero-order chi connectivity index (χ0) is 12.7. The molecule has 0 spiro atoms. The van der Waals surface area contributed by atoms with E-state index in [9.17, 15) is 0 Å². The van der Waals surface area contributed by atoms with Crippen LogP contribution in [0.3, 0.4) is 0 Å². The lowest BCUT2D eigenvalue weighted by Crippen LogP contribution is -2.39. The quantitative estimate of drug-likeness (QED) is 0.755. The molecule has 0 aromatic carbocycles. The van der Waals surface area contributed by atoms with Crippen LogP contribution in [0.15, 0.2) is 16.5 Å². The summed E-state index contributed by atoms with van der Waals surface area (Å²) in [5, 5.41) is 3.43. The summed E-state index contributed by atoms with van der Waals surface area (Å²) in [4.78, 5) is 2.38. The third-order valence-corrected chi connectivity index (χ3v) is 3.08. The Hall–Kier alpha value is -0.800. The molecule has 3 heteroatoms. The second-order valence-corrected chi connectivity index (χ2v) is 4.68. The van der Waals surface area contributed by atoms with E-state index in [1.165, 1.54) is 12.8 Å². The van der Waals surface area contributed by atoms with Crippen LogP contribution in [0.2, 0.25) is 0 Å². The first-order valence-corrected chi connectivity index (χ1v) is 6.63. The van der Waals surface area contributed by atoms with Crippen LogP contribution >= 0.6 is 0 Å². The van der Waals surface area contributed by atoms with Crippen molar-refractivity contribution in [1.82, 2.24) is 10.2 Å². The molecule has 0 aliphatic heterocycles. The number of aryl methyl sites for hydroxylation is 1. The molecule has 1 aromatic rings. The Morgan fingerprint density at radius 3 is 2.65 bits per heavy atom. The lowest BCUT2D eigenvalue weighted by atomic mass is 10.1. The van der Waals surface area contributed by atoms with E-state index in [1.807, 2.05) is 13.0 Å². The summed E-state index contributed by atoms with van der Waals surface area (Å²) in [5.74, 6) is 2.05. The van der Waals surface area contributed by atoms with Gasteiger partial charge in [-0.25, -0.2) is 0 Å². The van der Waals surface area contributed by atoms with Crippen molar-refractivity contribution in [3.8, 4) is 0 Å². The largest absolute Gasteiger partial charge is 0.465 e. The van der Waals surface area contributed by atoms with Crippen molar-refractivity contribution < 1.29 is 4.42 Å². The van der Waals surface area contributed by atoms with Crippen LogP contribution in [0, 0.1) is 6.92 Å². The molecule has 3 nitrogen and oxygen atoms in total. The summed E-state index contributed by atoms with van der Waals surface area (Å²) in [6.45, 7) is 9.37. The van der Waals surface area contributed by atoms with Gasteiger partial charge in [0.05, 0.1) is 6.54 Å². The predicted octanol–water partition coefficient (Wildman–Crippen LogP) is 2.80.